The molecule has 1 amide bonds. The van der Waals surface area contributed by atoms with Gasteiger partial charge in [0.05, 0.1) is 19.8 Å². The topological polar surface area (TPSA) is 157 Å². The highest BCUT2D eigenvalue weighted by atomic mass is 31.2. The summed E-state index contributed by atoms with van der Waals surface area (Å²) < 4.78 is 56.0. The highest BCUT2D eigenvalue weighted by Gasteiger charge is 2.61. The minimum atomic E-state index is -3.75. The quantitative estimate of drug-likeness (QED) is 0.401. The van der Waals surface area contributed by atoms with Gasteiger partial charge in [0.25, 0.3) is 5.56 Å². The first-order valence-corrected chi connectivity index (χ1v) is 14.7. The van der Waals surface area contributed by atoms with Crippen molar-refractivity contribution in [2.45, 2.75) is 97.3 Å². The number of ether oxygens (including phenoxy) is 5. The Balaban J connectivity index is 1.64. The molecule has 5 atom stereocenters. The van der Waals surface area contributed by atoms with Crippen LogP contribution in [0.25, 0.3) is 0 Å². The van der Waals surface area contributed by atoms with Crippen LogP contribution in [-0.4, -0.2) is 88.7 Å². The van der Waals surface area contributed by atoms with Crippen molar-refractivity contribution in [2.24, 2.45) is 0 Å². The number of carbonyl (C=O) groups excluding carboxylic acids is 1. The van der Waals surface area contributed by atoms with Gasteiger partial charge in [-0.25, -0.2) is 4.79 Å². The fourth-order valence-corrected chi connectivity index (χ4v) is 6.72. The smallest absolute Gasteiger partial charge is 0.342 e. The summed E-state index contributed by atoms with van der Waals surface area (Å²) >= 11 is 0. The molecule has 0 aromatic carbocycles. The molecule has 0 radical (unpaired) electrons. The van der Waals surface area contributed by atoms with Crippen LogP contribution in [0.2, 0.25) is 0 Å². The van der Waals surface area contributed by atoms with Gasteiger partial charge in [0.15, 0.2) is 17.9 Å². The van der Waals surface area contributed by atoms with E-state index >= 15 is 0 Å². The molecule has 4 heterocycles. The number of aromatic amines is 1. The molecule has 0 bridgehead atoms. The standard InChI is InChI=1S/C24H38N3O11P/c1-8-32-39(31,33-9-2)13-27(16(28)12-26-10-14(3)20(29)25-22(26)30)11-15-17-18(36-23(4,5)35-17)19-21(34-15)38-24(6,7)37-19/h10,15,17-19,21H,8-9,11-13H2,1-7H3,(H,25,29,30)/t15-,17+,18+,19-,21-/m1/s1. The number of hydrogen-bond donors (Lipinski definition) is 1. The van der Waals surface area contributed by atoms with Crippen LogP contribution in [0.3, 0.4) is 0 Å². The van der Waals surface area contributed by atoms with Crippen LogP contribution in [0.5, 0.6) is 0 Å². The Morgan fingerprint density at radius 3 is 2.26 bits per heavy atom. The van der Waals surface area contributed by atoms with Crippen molar-refractivity contribution >= 4 is 13.5 Å². The van der Waals surface area contributed by atoms with Crippen LogP contribution in [0.15, 0.2) is 15.8 Å². The molecule has 0 saturated carbocycles. The van der Waals surface area contributed by atoms with Gasteiger partial charge in [0.2, 0.25) is 5.91 Å². The number of nitrogens with one attached hydrogen (secondary N) is 1. The van der Waals surface area contributed by atoms with Gasteiger partial charge in [-0.05, 0) is 48.5 Å². The van der Waals surface area contributed by atoms with Crippen molar-refractivity contribution < 1.29 is 42.1 Å². The molecule has 0 spiro atoms. The lowest BCUT2D eigenvalue weighted by Gasteiger charge is -2.39. The summed E-state index contributed by atoms with van der Waals surface area (Å²) in [4.78, 5) is 41.2. The first kappa shape index (κ1) is 30.1. The maximum absolute atomic E-state index is 13.6. The van der Waals surface area contributed by atoms with Crippen molar-refractivity contribution in [3.05, 3.63) is 32.6 Å². The summed E-state index contributed by atoms with van der Waals surface area (Å²) in [6.45, 7) is 11.6. The fourth-order valence-electron chi connectivity index (χ4n) is 5.00. The summed E-state index contributed by atoms with van der Waals surface area (Å²) in [5.74, 6) is -2.46. The molecule has 1 aromatic rings. The minimum Gasteiger partial charge on any atom is -0.342 e. The maximum atomic E-state index is 13.6. The first-order chi connectivity index (χ1) is 18.2. The third-order valence-corrected chi connectivity index (χ3v) is 8.48. The predicted molar refractivity (Wildman–Crippen MR) is 136 cm³/mol. The van der Waals surface area contributed by atoms with Gasteiger partial charge in [0.1, 0.15) is 37.2 Å². The van der Waals surface area contributed by atoms with Gasteiger partial charge >= 0.3 is 13.3 Å². The zero-order valence-electron chi connectivity index (χ0n) is 23.3. The van der Waals surface area contributed by atoms with Crippen molar-refractivity contribution in [1.82, 2.24) is 14.5 Å². The average molecular weight is 576 g/mol. The summed E-state index contributed by atoms with van der Waals surface area (Å²) in [5, 5.41) is 0. The van der Waals surface area contributed by atoms with Gasteiger partial charge in [0, 0.05) is 11.8 Å². The second-order valence-electron chi connectivity index (χ2n) is 10.6. The molecule has 3 aliphatic heterocycles. The van der Waals surface area contributed by atoms with E-state index < -0.39 is 79.9 Å². The van der Waals surface area contributed by atoms with Crippen molar-refractivity contribution in [3.63, 3.8) is 0 Å². The van der Waals surface area contributed by atoms with E-state index in [9.17, 15) is 18.9 Å². The molecule has 0 unspecified atom stereocenters. The minimum absolute atomic E-state index is 0.0949. The van der Waals surface area contributed by atoms with Gasteiger partial charge in [-0.2, -0.15) is 0 Å². The number of rotatable bonds is 10. The molecule has 1 N–H and O–H groups in total. The van der Waals surface area contributed by atoms with E-state index in [4.69, 9.17) is 32.7 Å². The van der Waals surface area contributed by atoms with Crippen molar-refractivity contribution in [1.29, 1.82) is 0 Å². The Morgan fingerprint density at radius 1 is 1.03 bits per heavy atom. The molecular weight excluding hydrogens is 537 g/mol. The molecule has 4 rings (SSSR count). The number of hydrogen-bond acceptors (Lipinski definition) is 11. The molecule has 1 aromatic heterocycles. The Bertz CT molecular complexity index is 1220. The zero-order valence-corrected chi connectivity index (χ0v) is 24.2. The van der Waals surface area contributed by atoms with E-state index in [1.54, 1.807) is 41.5 Å². The van der Waals surface area contributed by atoms with Gasteiger partial charge < -0.3 is 37.6 Å². The van der Waals surface area contributed by atoms with E-state index in [1.165, 1.54) is 18.0 Å². The molecule has 3 saturated heterocycles. The lowest BCUT2D eigenvalue weighted by molar-refractivity contribution is -0.236. The molecule has 15 heteroatoms. The molecule has 14 nitrogen and oxygen atoms in total. The van der Waals surface area contributed by atoms with E-state index in [0.717, 1.165) is 4.57 Å². The first-order valence-electron chi connectivity index (χ1n) is 13.0. The third-order valence-electron chi connectivity index (χ3n) is 6.49. The maximum Gasteiger partial charge on any atom is 0.349 e. The number of aryl methyl sites for hydroxylation is 1. The van der Waals surface area contributed by atoms with E-state index in [0.29, 0.717) is 0 Å². The van der Waals surface area contributed by atoms with Crippen LogP contribution >= 0.6 is 7.60 Å². The SMILES string of the molecule is CCOP(=O)(CN(C[C@H]1O[C@@H]2OC(C)(C)O[C@@H]2[C@H]2OC(C)(C)O[C@H]21)C(=O)Cn1cc(C)c(=O)[nH]c1=O)OCC. The van der Waals surface area contributed by atoms with Gasteiger partial charge in [-0.15, -0.1) is 0 Å². The van der Waals surface area contributed by atoms with E-state index in [2.05, 4.69) is 4.98 Å². The lowest BCUT2D eigenvalue weighted by atomic mass is 9.98. The van der Waals surface area contributed by atoms with Gasteiger partial charge in [-0.1, -0.05) is 0 Å². The Kier molecular flexibility index (Phi) is 8.61. The summed E-state index contributed by atoms with van der Waals surface area (Å²) in [5.41, 5.74) is -1.04. The monoisotopic (exact) mass is 575 g/mol. The van der Waals surface area contributed by atoms with Crippen molar-refractivity contribution in [3.8, 4) is 0 Å². The highest BCUT2D eigenvalue weighted by Crippen LogP contribution is 2.49. The Morgan fingerprint density at radius 2 is 1.62 bits per heavy atom. The lowest BCUT2D eigenvalue weighted by Crippen LogP contribution is -2.58. The highest BCUT2D eigenvalue weighted by molar-refractivity contribution is 7.53. The summed E-state index contributed by atoms with van der Waals surface area (Å²) in [6.07, 6.45) is -2.44. The number of H-pyrrole nitrogens is 1. The van der Waals surface area contributed by atoms with E-state index in [1.807, 2.05) is 0 Å². The molecule has 220 valence electrons. The second-order valence-corrected chi connectivity index (χ2v) is 12.6. The van der Waals surface area contributed by atoms with Crippen LogP contribution in [0.4, 0.5) is 0 Å². The molecule has 0 aliphatic carbocycles. The fraction of sp³-hybridized carbons (Fsp3) is 0.792. The summed E-state index contributed by atoms with van der Waals surface area (Å²) in [6, 6.07) is 0. The third kappa shape index (κ3) is 6.71. The number of carbonyl (C=O) groups is 1. The Labute approximate surface area is 226 Å². The largest absolute Gasteiger partial charge is 0.349 e. The normalized spacial score (nSPS) is 29.2. The second kappa shape index (κ2) is 11.2. The van der Waals surface area contributed by atoms with Crippen LogP contribution in [0, 0.1) is 6.92 Å². The average Bonchev–Trinajstić information content (AvgIpc) is 3.31. The molecular formula is C24H38N3O11P. The molecule has 3 fully saturated rings. The number of nitrogens with zero attached hydrogens (tertiary/aromatic N) is 2. The predicted octanol–water partition coefficient (Wildman–Crippen LogP) is 1.29. The van der Waals surface area contributed by atoms with Gasteiger partial charge in [-0.3, -0.25) is 23.7 Å². The number of amides is 1. The zero-order chi connectivity index (χ0) is 28.8. The van der Waals surface area contributed by atoms with Crippen molar-refractivity contribution in [2.75, 3.05) is 26.0 Å². The molecule has 3 aliphatic rings. The van der Waals surface area contributed by atoms with E-state index in [-0.39, 0.29) is 25.3 Å². The summed E-state index contributed by atoms with van der Waals surface area (Å²) in [7, 11) is -3.75. The number of fused-ring (bicyclic) bond motifs is 3. The molecule has 39 heavy (non-hydrogen) atoms. The number of aromatic nitrogens is 2. The van der Waals surface area contributed by atoms with Crippen LogP contribution < -0.4 is 11.2 Å². The van der Waals surface area contributed by atoms with Crippen LogP contribution in [0.1, 0.15) is 47.1 Å². The van der Waals surface area contributed by atoms with Crippen LogP contribution in [-0.2, 0) is 48.6 Å². The Hall–Kier alpha value is -1.90.